The second kappa shape index (κ2) is 12.3. The molecule has 1 fully saturated rings. The molecule has 1 amide bonds. The van der Waals surface area contributed by atoms with E-state index >= 15 is 0 Å². The largest absolute Gasteiger partial charge is 0.384 e. The molecule has 0 atom stereocenters. The first-order chi connectivity index (χ1) is 12.7. The number of hydrogen-bond donors (Lipinski definition) is 2. The minimum absolute atomic E-state index is 0. The molecule has 0 unspecified atom stereocenters. The molecule has 2 heterocycles. The molecule has 0 spiro atoms. The number of methoxy groups -OCH3 is 1. The molecule has 1 aromatic heterocycles. The number of carbonyl (C=O) groups excluding carboxylic acids is 1. The Kier molecular flexibility index (Phi) is 10.9. The summed E-state index contributed by atoms with van der Waals surface area (Å²) in [6.45, 7) is 3.26. The lowest BCUT2D eigenvalue weighted by Crippen LogP contribution is -2.47. The van der Waals surface area contributed by atoms with Gasteiger partial charge in [-0.2, -0.15) is 0 Å². The normalized spacial score (nSPS) is 15.0. The summed E-state index contributed by atoms with van der Waals surface area (Å²) in [6, 6.07) is 13.5. The molecule has 5 nitrogen and oxygen atoms in total. The van der Waals surface area contributed by atoms with Gasteiger partial charge in [-0.05, 0) is 62.3 Å². The molecule has 3 rings (SSSR count). The number of pyridine rings is 1. The predicted octanol–water partition coefficient (Wildman–Crippen LogP) is 3.82. The van der Waals surface area contributed by atoms with E-state index in [9.17, 15) is 4.79 Å². The maximum absolute atomic E-state index is 12.5. The van der Waals surface area contributed by atoms with Crippen molar-refractivity contribution in [1.29, 1.82) is 0 Å². The highest BCUT2D eigenvalue weighted by molar-refractivity contribution is 7.99. The van der Waals surface area contributed by atoms with Gasteiger partial charge in [0.1, 0.15) is 5.03 Å². The Labute approximate surface area is 183 Å². The standard InChI is InChI=1S/C20H25N3O2S.2ClH/c1-25-15-20(9-12-21-13-10-20)14-23-19(24)16-5-7-17(8-6-16)26-18-4-2-3-11-22-18;;/h2-8,11,21H,9-10,12-15H2,1H3,(H,23,24);2*1H. The predicted molar refractivity (Wildman–Crippen MR) is 118 cm³/mol. The molecule has 2 N–H and O–H groups in total. The van der Waals surface area contributed by atoms with Crippen molar-refractivity contribution in [1.82, 2.24) is 15.6 Å². The van der Waals surface area contributed by atoms with E-state index in [-0.39, 0.29) is 36.1 Å². The van der Waals surface area contributed by atoms with E-state index in [1.54, 1.807) is 25.1 Å². The number of benzene rings is 1. The van der Waals surface area contributed by atoms with Crippen LogP contribution in [0.15, 0.2) is 58.6 Å². The summed E-state index contributed by atoms with van der Waals surface area (Å²) in [5.41, 5.74) is 0.710. The van der Waals surface area contributed by atoms with Gasteiger partial charge in [0.05, 0.1) is 6.61 Å². The van der Waals surface area contributed by atoms with Crippen molar-refractivity contribution in [2.45, 2.75) is 22.8 Å². The van der Waals surface area contributed by atoms with E-state index in [0.29, 0.717) is 18.7 Å². The second-order valence-electron chi connectivity index (χ2n) is 6.66. The fourth-order valence-corrected chi connectivity index (χ4v) is 3.98. The van der Waals surface area contributed by atoms with Crippen molar-refractivity contribution in [3.05, 3.63) is 54.2 Å². The second-order valence-corrected chi connectivity index (χ2v) is 7.75. The first-order valence-corrected chi connectivity index (χ1v) is 9.69. The van der Waals surface area contributed by atoms with Gasteiger partial charge >= 0.3 is 0 Å². The summed E-state index contributed by atoms with van der Waals surface area (Å²) >= 11 is 1.58. The van der Waals surface area contributed by atoms with Crippen LogP contribution in [-0.2, 0) is 4.74 Å². The van der Waals surface area contributed by atoms with Crippen LogP contribution in [0.3, 0.4) is 0 Å². The van der Waals surface area contributed by atoms with Gasteiger partial charge in [-0.25, -0.2) is 4.98 Å². The first kappa shape index (κ1) is 24.7. The summed E-state index contributed by atoms with van der Waals surface area (Å²) < 4.78 is 5.41. The van der Waals surface area contributed by atoms with E-state index in [2.05, 4.69) is 15.6 Å². The minimum Gasteiger partial charge on any atom is -0.384 e. The van der Waals surface area contributed by atoms with E-state index < -0.39 is 0 Å². The zero-order valence-corrected chi connectivity index (χ0v) is 18.3. The van der Waals surface area contributed by atoms with Crippen molar-refractivity contribution < 1.29 is 9.53 Å². The number of piperidine rings is 1. The fourth-order valence-electron chi connectivity index (χ4n) is 3.21. The Morgan fingerprint density at radius 1 is 1.18 bits per heavy atom. The Morgan fingerprint density at radius 3 is 2.50 bits per heavy atom. The molecule has 0 radical (unpaired) electrons. The number of halogens is 2. The molecular formula is C20H27Cl2N3O2S. The summed E-state index contributed by atoms with van der Waals surface area (Å²) in [4.78, 5) is 17.9. The third kappa shape index (κ3) is 6.94. The van der Waals surface area contributed by atoms with Crippen LogP contribution in [0.2, 0.25) is 0 Å². The van der Waals surface area contributed by atoms with Crippen LogP contribution in [0, 0.1) is 5.41 Å². The van der Waals surface area contributed by atoms with Crippen LogP contribution in [0.5, 0.6) is 0 Å². The average Bonchev–Trinajstić information content (AvgIpc) is 2.69. The lowest BCUT2D eigenvalue weighted by molar-refractivity contribution is 0.0511. The Bertz CT molecular complexity index is 706. The molecule has 28 heavy (non-hydrogen) atoms. The van der Waals surface area contributed by atoms with Gasteiger partial charge in [0.2, 0.25) is 0 Å². The molecule has 1 aliphatic rings. The number of aromatic nitrogens is 1. The van der Waals surface area contributed by atoms with E-state index in [1.165, 1.54) is 0 Å². The zero-order chi connectivity index (χ0) is 18.2. The van der Waals surface area contributed by atoms with Gasteiger partial charge in [-0.3, -0.25) is 4.79 Å². The number of hydrogen-bond acceptors (Lipinski definition) is 5. The first-order valence-electron chi connectivity index (χ1n) is 8.88. The average molecular weight is 444 g/mol. The molecule has 1 aromatic carbocycles. The van der Waals surface area contributed by atoms with Crippen molar-refractivity contribution in [2.24, 2.45) is 5.41 Å². The Balaban J connectivity index is 0.00000196. The number of nitrogens with one attached hydrogen (secondary N) is 2. The van der Waals surface area contributed by atoms with Gasteiger partial charge in [0.25, 0.3) is 5.91 Å². The zero-order valence-electron chi connectivity index (χ0n) is 15.8. The van der Waals surface area contributed by atoms with Gasteiger partial charge in [-0.1, -0.05) is 17.8 Å². The number of rotatable bonds is 7. The third-order valence-corrected chi connectivity index (χ3v) is 5.67. The highest BCUT2D eigenvalue weighted by Gasteiger charge is 2.32. The van der Waals surface area contributed by atoms with Gasteiger partial charge < -0.3 is 15.4 Å². The van der Waals surface area contributed by atoms with Crippen LogP contribution >= 0.6 is 36.6 Å². The van der Waals surface area contributed by atoms with Crippen LogP contribution in [0.4, 0.5) is 0 Å². The molecule has 2 aromatic rings. The monoisotopic (exact) mass is 443 g/mol. The molecule has 0 bridgehead atoms. The molecule has 0 saturated carbocycles. The highest BCUT2D eigenvalue weighted by Crippen LogP contribution is 2.29. The molecular weight excluding hydrogens is 417 g/mol. The highest BCUT2D eigenvalue weighted by atomic mass is 35.5. The summed E-state index contributed by atoms with van der Waals surface area (Å²) in [5, 5.41) is 7.41. The maximum Gasteiger partial charge on any atom is 0.251 e. The Hall–Kier alpha value is -1.31. The molecule has 1 aliphatic heterocycles. The van der Waals surface area contributed by atoms with Crippen molar-refractivity contribution in [2.75, 3.05) is 33.4 Å². The van der Waals surface area contributed by atoms with Gasteiger partial charge in [0, 0.05) is 35.7 Å². The summed E-state index contributed by atoms with van der Waals surface area (Å²) in [7, 11) is 1.73. The number of ether oxygens (including phenoxy) is 1. The number of amides is 1. The lowest BCUT2D eigenvalue weighted by atomic mass is 9.79. The third-order valence-electron chi connectivity index (χ3n) is 4.72. The van der Waals surface area contributed by atoms with Crippen molar-refractivity contribution >= 4 is 42.5 Å². The smallest absolute Gasteiger partial charge is 0.251 e. The summed E-state index contributed by atoms with van der Waals surface area (Å²) in [5.74, 6) is -0.0339. The molecule has 0 aliphatic carbocycles. The molecule has 154 valence electrons. The van der Waals surface area contributed by atoms with Crippen LogP contribution in [0.25, 0.3) is 0 Å². The maximum atomic E-state index is 12.5. The van der Waals surface area contributed by atoms with Gasteiger partial charge in [0.15, 0.2) is 0 Å². The molecule has 1 saturated heterocycles. The topological polar surface area (TPSA) is 63.2 Å². The number of carbonyl (C=O) groups is 1. The minimum atomic E-state index is -0.0339. The Morgan fingerprint density at radius 2 is 1.89 bits per heavy atom. The van der Waals surface area contributed by atoms with Crippen LogP contribution in [-0.4, -0.2) is 44.2 Å². The number of nitrogens with zero attached hydrogens (tertiary/aromatic N) is 1. The van der Waals surface area contributed by atoms with E-state index in [4.69, 9.17) is 4.74 Å². The van der Waals surface area contributed by atoms with E-state index in [1.807, 2.05) is 42.5 Å². The van der Waals surface area contributed by atoms with Crippen LogP contribution in [0.1, 0.15) is 23.2 Å². The molecule has 8 heteroatoms. The lowest BCUT2D eigenvalue weighted by Gasteiger charge is -2.37. The summed E-state index contributed by atoms with van der Waals surface area (Å²) in [6.07, 6.45) is 3.81. The fraction of sp³-hybridized carbons (Fsp3) is 0.400. The van der Waals surface area contributed by atoms with Crippen molar-refractivity contribution in [3.63, 3.8) is 0 Å². The quantitative estimate of drug-likeness (QED) is 0.680. The van der Waals surface area contributed by atoms with Crippen molar-refractivity contribution in [3.8, 4) is 0 Å². The SMILES string of the molecule is COCC1(CNC(=O)c2ccc(Sc3ccccn3)cc2)CCNCC1.Cl.Cl. The van der Waals surface area contributed by atoms with E-state index in [0.717, 1.165) is 35.9 Å². The van der Waals surface area contributed by atoms with Crippen LogP contribution < -0.4 is 10.6 Å². The van der Waals surface area contributed by atoms with Gasteiger partial charge in [-0.15, -0.1) is 24.8 Å².